The Kier molecular flexibility index (Phi) is 4.79. The van der Waals surface area contributed by atoms with Crippen LogP contribution < -0.4 is 5.32 Å². The molecule has 0 fully saturated rings. The average molecular weight is 214 g/mol. The number of nitrogens with one attached hydrogen (secondary N) is 1. The number of aliphatic hydroxyl groups is 1. The number of aliphatic hydroxyl groups excluding tert-OH is 1. The Bertz CT molecular complexity index is 311. The molecule has 6 heteroatoms. The smallest absolute Gasteiger partial charge is 0.256 e. The van der Waals surface area contributed by atoms with E-state index in [-0.39, 0.29) is 19.1 Å². The summed E-state index contributed by atoms with van der Waals surface area (Å²) >= 11 is 0. The fourth-order valence-electron chi connectivity index (χ4n) is 1.02. The van der Waals surface area contributed by atoms with E-state index in [2.05, 4.69) is 10.5 Å². The average Bonchev–Trinajstić information content (AvgIpc) is 2.64. The van der Waals surface area contributed by atoms with Gasteiger partial charge in [0.1, 0.15) is 11.3 Å². The fraction of sp³-hybridized carbons (Fsp3) is 0.556. The van der Waals surface area contributed by atoms with Crippen LogP contribution in [0.4, 0.5) is 0 Å². The second-order valence-corrected chi connectivity index (χ2v) is 2.89. The minimum Gasteiger partial charge on any atom is -0.394 e. The largest absolute Gasteiger partial charge is 0.394 e. The highest BCUT2D eigenvalue weighted by Gasteiger charge is 2.11. The second kappa shape index (κ2) is 6.15. The van der Waals surface area contributed by atoms with Crippen LogP contribution in [0.15, 0.2) is 10.7 Å². The fourth-order valence-corrected chi connectivity index (χ4v) is 1.02. The highest BCUT2D eigenvalue weighted by molar-refractivity contribution is 5.94. The molecule has 0 radical (unpaired) electrons. The van der Waals surface area contributed by atoms with E-state index < -0.39 is 0 Å². The van der Waals surface area contributed by atoms with Crippen LogP contribution in [0.2, 0.25) is 0 Å². The summed E-state index contributed by atoms with van der Waals surface area (Å²) in [6, 6.07) is 0. The van der Waals surface area contributed by atoms with Crippen molar-refractivity contribution in [2.45, 2.75) is 6.92 Å². The predicted octanol–water partition coefficient (Wildman–Crippen LogP) is -0.278. The molecule has 1 aromatic rings. The zero-order valence-electron chi connectivity index (χ0n) is 8.52. The number of carbonyl (C=O) groups is 1. The number of hydrogen-bond donors (Lipinski definition) is 2. The van der Waals surface area contributed by atoms with Crippen molar-refractivity contribution in [1.82, 2.24) is 10.5 Å². The molecule has 84 valence electrons. The Hall–Kier alpha value is -1.40. The zero-order chi connectivity index (χ0) is 11.1. The van der Waals surface area contributed by atoms with Crippen molar-refractivity contribution in [3.8, 4) is 0 Å². The minimum atomic E-state index is -0.235. The van der Waals surface area contributed by atoms with Gasteiger partial charge in [-0.3, -0.25) is 4.79 Å². The number of ether oxygens (including phenoxy) is 1. The van der Waals surface area contributed by atoms with Gasteiger partial charge in [0.15, 0.2) is 0 Å². The lowest BCUT2D eigenvalue weighted by molar-refractivity contribution is 0.0837. The van der Waals surface area contributed by atoms with Gasteiger partial charge < -0.3 is 19.7 Å². The summed E-state index contributed by atoms with van der Waals surface area (Å²) in [6.45, 7) is 2.70. The number of nitrogens with zero attached hydrogens (tertiary/aromatic N) is 1. The monoisotopic (exact) mass is 214 g/mol. The quantitative estimate of drug-likeness (QED) is 0.636. The molecule has 1 heterocycles. The summed E-state index contributed by atoms with van der Waals surface area (Å²) in [5, 5.41) is 14.6. The molecule has 0 aromatic carbocycles. The van der Waals surface area contributed by atoms with Gasteiger partial charge in [-0.15, -0.1) is 0 Å². The molecule has 1 aromatic heterocycles. The third kappa shape index (κ3) is 3.69. The molecule has 0 unspecified atom stereocenters. The Labute approximate surface area is 87.2 Å². The summed E-state index contributed by atoms with van der Waals surface area (Å²) in [5.74, 6) is 0.255. The van der Waals surface area contributed by atoms with E-state index in [1.807, 2.05) is 0 Å². The van der Waals surface area contributed by atoms with Crippen molar-refractivity contribution in [3.05, 3.63) is 17.5 Å². The van der Waals surface area contributed by atoms with Gasteiger partial charge in [0.2, 0.25) is 0 Å². The topological polar surface area (TPSA) is 84.6 Å². The van der Waals surface area contributed by atoms with E-state index in [1.54, 1.807) is 6.92 Å². The molecule has 0 spiro atoms. The number of aryl methyl sites for hydroxylation is 1. The number of carbonyl (C=O) groups excluding carboxylic acids is 1. The molecule has 0 aliphatic rings. The molecular formula is C9H14N2O4. The first-order chi connectivity index (χ1) is 7.25. The molecule has 0 aliphatic heterocycles. The van der Waals surface area contributed by atoms with Gasteiger partial charge in [-0.1, -0.05) is 5.16 Å². The molecule has 0 aliphatic carbocycles. The van der Waals surface area contributed by atoms with E-state index in [9.17, 15) is 4.79 Å². The number of rotatable bonds is 6. The maximum atomic E-state index is 11.4. The summed E-state index contributed by atoms with van der Waals surface area (Å²) in [7, 11) is 0. The van der Waals surface area contributed by atoms with Gasteiger partial charge in [-0.25, -0.2) is 0 Å². The van der Waals surface area contributed by atoms with Gasteiger partial charge in [0, 0.05) is 6.54 Å². The maximum absolute atomic E-state index is 11.4. The third-order valence-electron chi connectivity index (χ3n) is 1.76. The lowest BCUT2D eigenvalue weighted by Crippen LogP contribution is -2.27. The highest BCUT2D eigenvalue weighted by atomic mass is 16.5. The summed E-state index contributed by atoms with van der Waals surface area (Å²) in [4.78, 5) is 11.4. The Morgan fingerprint density at radius 2 is 2.47 bits per heavy atom. The summed E-state index contributed by atoms with van der Waals surface area (Å²) in [6.07, 6.45) is 1.37. The standard InChI is InChI=1S/C9H14N2O4/c1-7-8(6-11-15-7)9(13)10-2-4-14-5-3-12/h6,12H,2-5H2,1H3,(H,10,13). The number of amides is 1. The SMILES string of the molecule is Cc1oncc1C(=O)NCCOCCO. The predicted molar refractivity (Wildman–Crippen MR) is 51.5 cm³/mol. The molecular weight excluding hydrogens is 200 g/mol. The van der Waals surface area contributed by atoms with Crippen molar-refractivity contribution < 1.29 is 19.2 Å². The highest BCUT2D eigenvalue weighted by Crippen LogP contribution is 2.04. The van der Waals surface area contributed by atoms with Crippen LogP contribution in [0.25, 0.3) is 0 Å². The van der Waals surface area contributed by atoms with Crippen LogP contribution in [0.5, 0.6) is 0 Å². The summed E-state index contributed by atoms with van der Waals surface area (Å²) in [5.41, 5.74) is 0.428. The Morgan fingerprint density at radius 3 is 3.07 bits per heavy atom. The molecule has 6 nitrogen and oxygen atoms in total. The first kappa shape index (κ1) is 11.7. The third-order valence-corrected chi connectivity index (χ3v) is 1.76. The van der Waals surface area contributed by atoms with Crippen molar-refractivity contribution in [3.63, 3.8) is 0 Å². The molecule has 0 saturated heterocycles. The second-order valence-electron chi connectivity index (χ2n) is 2.89. The van der Waals surface area contributed by atoms with E-state index in [0.29, 0.717) is 24.5 Å². The van der Waals surface area contributed by atoms with Crippen LogP contribution in [0.3, 0.4) is 0 Å². The lowest BCUT2D eigenvalue weighted by Gasteiger charge is -2.03. The minimum absolute atomic E-state index is 0.0152. The summed E-state index contributed by atoms with van der Waals surface area (Å²) < 4.78 is 9.73. The molecule has 0 saturated carbocycles. The molecule has 1 rings (SSSR count). The van der Waals surface area contributed by atoms with Crippen LogP contribution in [-0.4, -0.2) is 42.5 Å². The van der Waals surface area contributed by atoms with Crippen LogP contribution >= 0.6 is 0 Å². The van der Waals surface area contributed by atoms with Gasteiger partial charge in [0.25, 0.3) is 5.91 Å². The van der Waals surface area contributed by atoms with Crippen LogP contribution in [0.1, 0.15) is 16.1 Å². The van der Waals surface area contributed by atoms with E-state index >= 15 is 0 Å². The first-order valence-electron chi connectivity index (χ1n) is 4.63. The lowest BCUT2D eigenvalue weighted by atomic mass is 10.2. The van der Waals surface area contributed by atoms with Crippen molar-refractivity contribution >= 4 is 5.91 Å². The van der Waals surface area contributed by atoms with Crippen LogP contribution in [-0.2, 0) is 4.74 Å². The Balaban J connectivity index is 2.22. The first-order valence-corrected chi connectivity index (χ1v) is 4.63. The van der Waals surface area contributed by atoms with E-state index in [1.165, 1.54) is 6.20 Å². The number of aromatic nitrogens is 1. The molecule has 0 atom stereocenters. The Morgan fingerprint density at radius 1 is 1.67 bits per heavy atom. The van der Waals surface area contributed by atoms with Crippen molar-refractivity contribution in [2.24, 2.45) is 0 Å². The van der Waals surface area contributed by atoms with Gasteiger partial charge in [0.05, 0.1) is 26.0 Å². The molecule has 2 N–H and O–H groups in total. The number of hydrogen-bond acceptors (Lipinski definition) is 5. The van der Waals surface area contributed by atoms with Crippen molar-refractivity contribution in [2.75, 3.05) is 26.4 Å². The van der Waals surface area contributed by atoms with Crippen molar-refractivity contribution in [1.29, 1.82) is 0 Å². The van der Waals surface area contributed by atoms with E-state index in [0.717, 1.165) is 0 Å². The van der Waals surface area contributed by atoms with Gasteiger partial charge in [-0.2, -0.15) is 0 Å². The molecule has 15 heavy (non-hydrogen) atoms. The molecule has 0 bridgehead atoms. The zero-order valence-corrected chi connectivity index (χ0v) is 8.52. The molecule has 1 amide bonds. The maximum Gasteiger partial charge on any atom is 0.256 e. The van der Waals surface area contributed by atoms with Gasteiger partial charge in [-0.05, 0) is 6.92 Å². The van der Waals surface area contributed by atoms with Crippen LogP contribution in [0, 0.1) is 6.92 Å². The normalized spacial score (nSPS) is 10.3. The van der Waals surface area contributed by atoms with E-state index in [4.69, 9.17) is 14.4 Å². The van der Waals surface area contributed by atoms with Gasteiger partial charge >= 0.3 is 0 Å².